The summed E-state index contributed by atoms with van der Waals surface area (Å²) < 4.78 is 1.88. The van der Waals surface area contributed by atoms with Crippen LogP contribution in [-0.4, -0.2) is 57.8 Å². The topological polar surface area (TPSA) is 53.4 Å². The smallest absolute Gasteiger partial charge is 0.317 e. The summed E-state index contributed by atoms with van der Waals surface area (Å²) in [6.45, 7) is 6.46. The molecular weight excluding hydrogens is 302 g/mol. The number of aromatic nitrogens is 2. The van der Waals surface area contributed by atoms with Crippen molar-refractivity contribution < 1.29 is 4.79 Å². The van der Waals surface area contributed by atoms with Crippen molar-refractivity contribution >= 4 is 17.6 Å². The van der Waals surface area contributed by atoms with E-state index < -0.39 is 0 Å². The number of carbonyl (C=O) groups is 1. The van der Waals surface area contributed by atoms with Crippen molar-refractivity contribution in [3.63, 3.8) is 0 Å². The molecule has 22 heavy (non-hydrogen) atoms. The van der Waals surface area contributed by atoms with Crippen LogP contribution in [0, 0.1) is 6.92 Å². The van der Waals surface area contributed by atoms with Gasteiger partial charge in [-0.15, -0.1) is 0 Å². The van der Waals surface area contributed by atoms with Gasteiger partial charge in [0.25, 0.3) is 0 Å². The molecule has 1 N–H and O–H groups in total. The maximum Gasteiger partial charge on any atom is 0.317 e. The lowest BCUT2D eigenvalue weighted by atomic mass is 10.0. The number of nitrogens with one attached hydrogen (secondary N) is 1. The van der Waals surface area contributed by atoms with E-state index in [1.165, 1.54) is 0 Å². The first kappa shape index (κ1) is 15.6. The summed E-state index contributed by atoms with van der Waals surface area (Å²) in [4.78, 5) is 16.3. The minimum Gasteiger partial charge on any atom is -0.338 e. The van der Waals surface area contributed by atoms with Crippen molar-refractivity contribution in [1.29, 1.82) is 0 Å². The number of hydrogen-bond donors (Lipinski definition) is 1. The van der Waals surface area contributed by atoms with Crippen molar-refractivity contribution in [3.8, 4) is 0 Å². The fourth-order valence-electron chi connectivity index (χ4n) is 3.45. The van der Waals surface area contributed by atoms with Gasteiger partial charge in [-0.25, -0.2) is 4.79 Å². The Kier molecular flexibility index (Phi) is 4.59. The minimum absolute atomic E-state index is 0.106. The lowest BCUT2D eigenvalue weighted by Gasteiger charge is -2.40. The second kappa shape index (κ2) is 6.46. The normalized spacial score (nSPS) is 21.2. The molecule has 7 heteroatoms. The second-order valence-electron chi connectivity index (χ2n) is 6.26. The van der Waals surface area contributed by atoms with Crippen molar-refractivity contribution in [2.24, 2.45) is 7.05 Å². The Morgan fingerprint density at radius 2 is 2.05 bits per heavy atom. The van der Waals surface area contributed by atoms with Crippen LogP contribution in [-0.2, 0) is 13.6 Å². The van der Waals surface area contributed by atoms with E-state index >= 15 is 0 Å². The summed E-state index contributed by atoms with van der Waals surface area (Å²) in [5.41, 5.74) is 1.97. The Morgan fingerprint density at radius 1 is 1.32 bits per heavy atom. The molecule has 1 aromatic heterocycles. The SMILES string of the molecule is Cc1nn(C)c(CN2CCC(N3CCCNC3=O)CC2)c1Cl. The number of likely N-dealkylation sites (tertiary alicyclic amines) is 1. The number of rotatable bonds is 3. The summed E-state index contributed by atoms with van der Waals surface area (Å²) in [7, 11) is 1.94. The molecule has 1 aromatic rings. The van der Waals surface area contributed by atoms with Gasteiger partial charge in [0.1, 0.15) is 0 Å². The molecule has 3 heterocycles. The van der Waals surface area contributed by atoms with Gasteiger partial charge in [0.05, 0.1) is 16.4 Å². The number of carbonyl (C=O) groups excluding carboxylic acids is 1. The molecule has 2 aliphatic rings. The lowest BCUT2D eigenvalue weighted by Crippen LogP contribution is -2.54. The van der Waals surface area contributed by atoms with E-state index in [9.17, 15) is 4.79 Å². The Hall–Kier alpha value is -1.27. The maximum atomic E-state index is 11.9. The summed E-state index contributed by atoms with van der Waals surface area (Å²) in [5, 5.41) is 8.09. The fourth-order valence-corrected chi connectivity index (χ4v) is 3.67. The van der Waals surface area contributed by atoms with Crippen molar-refractivity contribution in [1.82, 2.24) is 24.9 Å². The van der Waals surface area contributed by atoms with Gasteiger partial charge in [0.15, 0.2) is 0 Å². The number of aryl methyl sites for hydroxylation is 2. The van der Waals surface area contributed by atoms with E-state index in [1.54, 1.807) is 0 Å². The molecule has 0 spiro atoms. The first-order valence-electron chi connectivity index (χ1n) is 8.01. The van der Waals surface area contributed by atoms with Gasteiger partial charge in [-0.1, -0.05) is 11.6 Å². The third-order valence-electron chi connectivity index (χ3n) is 4.75. The van der Waals surface area contributed by atoms with Crippen LogP contribution in [0.2, 0.25) is 5.02 Å². The largest absolute Gasteiger partial charge is 0.338 e. The van der Waals surface area contributed by atoms with Gasteiger partial charge in [-0.05, 0) is 26.2 Å². The number of halogens is 1. The Labute approximate surface area is 136 Å². The first-order valence-corrected chi connectivity index (χ1v) is 8.39. The van der Waals surface area contributed by atoms with E-state index in [-0.39, 0.29) is 6.03 Å². The Bertz CT molecular complexity index is 550. The molecule has 0 radical (unpaired) electrons. The van der Waals surface area contributed by atoms with Crippen LogP contribution in [0.25, 0.3) is 0 Å². The van der Waals surface area contributed by atoms with Gasteiger partial charge in [-0.3, -0.25) is 9.58 Å². The standard InChI is InChI=1S/C15H24ClN5O/c1-11-14(16)13(19(2)18-11)10-20-8-4-12(5-9-20)21-7-3-6-17-15(21)22/h12H,3-10H2,1-2H3,(H,17,22). The molecule has 0 aliphatic carbocycles. The second-order valence-corrected chi connectivity index (χ2v) is 6.63. The molecule has 122 valence electrons. The minimum atomic E-state index is 0.106. The van der Waals surface area contributed by atoms with Crippen molar-refractivity contribution in [3.05, 3.63) is 16.4 Å². The molecule has 0 bridgehead atoms. The van der Waals surface area contributed by atoms with E-state index in [4.69, 9.17) is 11.6 Å². The molecule has 0 unspecified atom stereocenters. The van der Waals surface area contributed by atoms with E-state index in [2.05, 4.69) is 15.3 Å². The number of nitrogens with zero attached hydrogens (tertiary/aromatic N) is 4. The van der Waals surface area contributed by atoms with Crippen LogP contribution in [0.15, 0.2) is 0 Å². The quantitative estimate of drug-likeness (QED) is 0.921. The number of amides is 2. The van der Waals surface area contributed by atoms with E-state index in [1.807, 2.05) is 23.6 Å². The van der Waals surface area contributed by atoms with E-state index in [0.29, 0.717) is 6.04 Å². The monoisotopic (exact) mass is 325 g/mol. The van der Waals surface area contributed by atoms with Crippen molar-refractivity contribution in [2.75, 3.05) is 26.2 Å². The lowest BCUT2D eigenvalue weighted by molar-refractivity contribution is 0.108. The van der Waals surface area contributed by atoms with E-state index in [0.717, 1.165) is 68.4 Å². The Morgan fingerprint density at radius 3 is 2.64 bits per heavy atom. The number of urea groups is 1. The number of piperidine rings is 1. The van der Waals surface area contributed by atoms with Gasteiger partial charge >= 0.3 is 6.03 Å². The average molecular weight is 326 g/mol. The maximum absolute atomic E-state index is 11.9. The summed E-state index contributed by atoms with van der Waals surface area (Å²) in [6, 6.07) is 0.482. The molecule has 0 atom stereocenters. The zero-order chi connectivity index (χ0) is 15.7. The van der Waals surface area contributed by atoms with Crippen LogP contribution < -0.4 is 5.32 Å². The molecule has 2 fully saturated rings. The molecule has 0 saturated carbocycles. The average Bonchev–Trinajstić information content (AvgIpc) is 2.75. The zero-order valence-electron chi connectivity index (χ0n) is 13.3. The molecule has 2 aliphatic heterocycles. The van der Waals surface area contributed by atoms with Gasteiger partial charge in [0, 0.05) is 45.8 Å². The van der Waals surface area contributed by atoms with Crippen LogP contribution in [0.1, 0.15) is 30.7 Å². The third-order valence-corrected chi connectivity index (χ3v) is 5.24. The van der Waals surface area contributed by atoms with Gasteiger partial charge in [0.2, 0.25) is 0 Å². The highest BCUT2D eigenvalue weighted by Crippen LogP contribution is 2.24. The molecule has 2 amide bonds. The van der Waals surface area contributed by atoms with Crippen LogP contribution >= 0.6 is 11.6 Å². The van der Waals surface area contributed by atoms with Gasteiger partial charge < -0.3 is 10.2 Å². The van der Waals surface area contributed by atoms with Crippen LogP contribution in [0.5, 0.6) is 0 Å². The highest BCUT2D eigenvalue weighted by molar-refractivity contribution is 6.31. The summed E-state index contributed by atoms with van der Waals surface area (Å²) >= 11 is 6.33. The van der Waals surface area contributed by atoms with Crippen LogP contribution in [0.3, 0.4) is 0 Å². The predicted octanol–water partition coefficient (Wildman–Crippen LogP) is 1.76. The first-order chi connectivity index (χ1) is 10.6. The van der Waals surface area contributed by atoms with Crippen LogP contribution in [0.4, 0.5) is 4.79 Å². The third kappa shape index (κ3) is 3.08. The highest BCUT2D eigenvalue weighted by atomic mass is 35.5. The fraction of sp³-hybridized carbons (Fsp3) is 0.733. The highest BCUT2D eigenvalue weighted by Gasteiger charge is 2.29. The van der Waals surface area contributed by atoms with Crippen molar-refractivity contribution in [2.45, 2.75) is 38.8 Å². The van der Waals surface area contributed by atoms with Gasteiger partial charge in [-0.2, -0.15) is 5.10 Å². The molecule has 2 saturated heterocycles. The summed E-state index contributed by atoms with van der Waals surface area (Å²) in [5.74, 6) is 0. The molecule has 0 aromatic carbocycles. The molecular formula is C15H24ClN5O. The summed E-state index contributed by atoms with van der Waals surface area (Å²) in [6.07, 6.45) is 3.11. The number of hydrogen-bond acceptors (Lipinski definition) is 3. The zero-order valence-corrected chi connectivity index (χ0v) is 14.1. The molecule has 6 nitrogen and oxygen atoms in total. The Balaban J connectivity index is 1.56. The molecule has 3 rings (SSSR count). The predicted molar refractivity (Wildman–Crippen MR) is 86.0 cm³/mol.